The fourth-order valence-corrected chi connectivity index (χ4v) is 2.50. The lowest BCUT2D eigenvalue weighted by molar-refractivity contribution is -0.129. The molecule has 120 valence electrons. The maximum absolute atomic E-state index is 11.9. The molecule has 1 aromatic carbocycles. The molecule has 1 saturated heterocycles. The van der Waals surface area contributed by atoms with Gasteiger partial charge in [-0.15, -0.1) is 0 Å². The SMILES string of the molecule is COCc1ccccc1NC(N)=NCCC(=O)N1CCCC1. The number of carbonyl (C=O) groups excluding carboxylic acids is 1. The van der Waals surface area contributed by atoms with Gasteiger partial charge in [0.15, 0.2) is 5.96 Å². The minimum absolute atomic E-state index is 0.161. The topological polar surface area (TPSA) is 80.0 Å². The van der Waals surface area contributed by atoms with Crippen LogP contribution in [0.2, 0.25) is 0 Å². The molecule has 0 aliphatic carbocycles. The number of ether oxygens (including phenoxy) is 1. The van der Waals surface area contributed by atoms with Crippen molar-refractivity contribution in [3.8, 4) is 0 Å². The highest BCUT2D eigenvalue weighted by molar-refractivity contribution is 5.93. The van der Waals surface area contributed by atoms with Crippen molar-refractivity contribution >= 4 is 17.6 Å². The predicted molar refractivity (Wildman–Crippen MR) is 87.7 cm³/mol. The van der Waals surface area contributed by atoms with Gasteiger partial charge in [-0.25, -0.2) is 0 Å². The number of nitrogens with zero attached hydrogens (tertiary/aromatic N) is 2. The number of carbonyl (C=O) groups is 1. The van der Waals surface area contributed by atoms with E-state index in [1.54, 1.807) is 7.11 Å². The van der Waals surface area contributed by atoms with Crippen LogP contribution in [0.4, 0.5) is 5.69 Å². The van der Waals surface area contributed by atoms with Crippen molar-refractivity contribution in [1.29, 1.82) is 0 Å². The summed E-state index contributed by atoms with van der Waals surface area (Å²) in [6.07, 6.45) is 2.62. The third-order valence-corrected chi connectivity index (χ3v) is 3.65. The molecule has 0 saturated carbocycles. The minimum atomic E-state index is 0.161. The molecule has 6 heteroatoms. The normalized spacial score (nSPS) is 15.1. The number of benzene rings is 1. The number of hydrogen-bond donors (Lipinski definition) is 2. The van der Waals surface area contributed by atoms with E-state index in [0.717, 1.165) is 37.2 Å². The van der Waals surface area contributed by atoms with Gasteiger partial charge in [0.1, 0.15) is 0 Å². The first-order chi connectivity index (χ1) is 10.7. The van der Waals surface area contributed by atoms with Crippen LogP contribution >= 0.6 is 0 Å². The zero-order valence-electron chi connectivity index (χ0n) is 13.0. The number of nitrogens with two attached hydrogens (primary N) is 1. The van der Waals surface area contributed by atoms with Crippen molar-refractivity contribution in [2.45, 2.75) is 25.9 Å². The number of likely N-dealkylation sites (tertiary alicyclic amines) is 1. The average Bonchev–Trinajstić information content (AvgIpc) is 3.04. The Bertz CT molecular complexity index is 525. The fraction of sp³-hybridized carbons (Fsp3) is 0.500. The molecular weight excluding hydrogens is 280 g/mol. The number of anilines is 1. The summed E-state index contributed by atoms with van der Waals surface area (Å²) in [4.78, 5) is 18.0. The van der Waals surface area contributed by atoms with Gasteiger partial charge in [0.2, 0.25) is 5.91 Å². The monoisotopic (exact) mass is 304 g/mol. The number of aliphatic imine (C=N–C) groups is 1. The molecule has 0 aromatic heterocycles. The van der Waals surface area contributed by atoms with Gasteiger partial charge in [-0.05, 0) is 18.9 Å². The van der Waals surface area contributed by atoms with Crippen LogP contribution in [0.25, 0.3) is 0 Å². The smallest absolute Gasteiger partial charge is 0.224 e. The Balaban J connectivity index is 1.83. The summed E-state index contributed by atoms with van der Waals surface area (Å²) in [5.74, 6) is 0.478. The molecule has 0 unspecified atom stereocenters. The first-order valence-electron chi connectivity index (χ1n) is 7.62. The third kappa shape index (κ3) is 4.73. The minimum Gasteiger partial charge on any atom is -0.380 e. The third-order valence-electron chi connectivity index (χ3n) is 3.65. The molecule has 1 aliphatic heterocycles. The van der Waals surface area contributed by atoms with Gasteiger partial charge < -0.3 is 20.7 Å². The molecule has 1 heterocycles. The Kier molecular flexibility index (Phi) is 6.21. The van der Waals surface area contributed by atoms with Crippen molar-refractivity contribution in [2.75, 3.05) is 32.1 Å². The Hall–Kier alpha value is -2.08. The van der Waals surface area contributed by atoms with Gasteiger partial charge in [0.25, 0.3) is 0 Å². The van der Waals surface area contributed by atoms with Crippen LogP contribution in [-0.2, 0) is 16.1 Å². The van der Waals surface area contributed by atoms with Crippen LogP contribution in [0, 0.1) is 0 Å². The Labute approximate surface area is 131 Å². The van der Waals surface area contributed by atoms with E-state index in [-0.39, 0.29) is 5.91 Å². The number of amides is 1. The summed E-state index contributed by atoms with van der Waals surface area (Å²) in [5.41, 5.74) is 7.77. The van der Waals surface area contributed by atoms with Crippen LogP contribution in [0.3, 0.4) is 0 Å². The Morgan fingerprint density at radius 1 is 1.36 bits per heavy atom. The lowest BCUT2D eigenvalue weighted by atomic mass is 10.2. The van der Waals surface area contributed by atoms with Crippen LogP contribution in [0.1, 0.15) is 24.8 Å². The quantitative estimate of drug-likeness (QED) is 0.617. The Morgan fingerprint density at radius 2 is 2.09 bits per heavy atom. The van der Waals surface area contributed by atoms with Gasteiger partial charge in [0, 0.05) is 37.9 Å². The van der Waals surface area contributed by atoms with Crippen molar-refractivity contribution in [1.82, 2.24) is 4.90 Å². The van der Waals surface area contributed by atoms with E-state index in [0.29, 0.717) is 25.5 Å². The largest absolute Gasteiger partial charge is 0.380 e. The first kappa shape index (κ1) is 16.3. The van der Waals surface area contributed by atoms with Gasteiger partial charge in [-0.2, -0.15) is 0 Å². The number of rotatable bonds is 6. The molecule has 2 rings (SSSR count). The number of hydrogen-bond acceptors (Lipinski definition) is 3. The lowest BCUT2D eigenvalue weighted by Gasteiger charge is -2.14. The van der Waals surface area contributed by atoms with E-state index < -0.39 is 0 Å². The summed E-state index contributed by atoms with van der Waals surface area (Å²) >= 11 is 0. The summed E-state index contributed by atoms with van der Waals surface area (Å²) < 4.78 is 5.15. The van der Waals surface area contributed by atoms with E-state index in [1.807, 2.05) is 29.2 Å². The standard InChI is InChI=1S/C16H24N4O2/c1-22-12-13-6-2-3-7-14(13)19-16(17)18-9-8-15(21)20-10-4-5-11-20/h2-3,6-7H,4-5,8-12H2,1H3,(H3,17,18,19). The molecule has 0 spiro atoms. The van der Waals surface area contributed by atoms with Crippen LogP contribution < -0.4 is 11.1 Å². The van der Waals surface area contributed by atoms with E-state index in [4.69, 9.17) is 10.5 Å². The molecule has 0 bridgehead atoms. The van der Waals surface area contributed by atoms with E-state index in [2.05, 4.69) is 10.3 Å². The average molecular weight is 304 g/mol. The second kappa shape index (κ2) is 8.38. The second-order valence-electron chi connectivity index (χ2n) is 5.32. The van der Waals surface area contributed by atoms with Crippen molar-refractivity contribution in [3.63, 3.8) is 0 Å². The molecule has 3 N–H and O–H groups in total. The summed E-state index contributed by atoms with van der Waals surface area (Å²) in [5, 5.41) is 3.06. The van der Waals surface area contributed by atoms with E-state index >= 15 is 0 Å². The summed E-state index contributed by atoms with van der Waals surface area (Å²) in [6, 6.07) is 7.76. The number of guanidine groups is 1. The van der Waals surface area contributed by atoms with Gasteiger partial charge >= 0.3 is 0 Å². The molecule has 1 aliphatic rings. The van der Waals surface area contributed by atoms with Gasteiger partial charge in [0.05, 0.1) is 13.2 Å². The maximum Gasteiger partial charge on any atom is 0.224 e. The molecule has 6 nitrogen and oxygen atoms in total. The highest BCUT2D eigenvalue weighted by Crippen LogP contribution is 2.15. The van der Waals surface area contributed by atoms with Crippen LogP contribution in [0.5, 0.6) is 0 Å². The number of nitrogens with one attached hydrogen (secondary N) is 1. The zero-order valence-corrected chi connectivity index (χ0v) is 13.0. The van der Waals surface area contributed by atoms with Crippen molar-refractivity contribution in [2.24, 2.45) is 10.7 Å². The lowest BCUT2D eigenvalue weighted by Crippen LogP contribution is -2.29. The molecule has 22 heavy (non-hydrogen) atoms. The molecule has 1 aromatic rings. The highest BCUT2D eigenvalue weighted by Gasteiger charge is 2.16. The molecule has 1 fully saturated rings. The second-order valence-corrected chi connectivity index (χ2v) is 5.32. The molecule has 0 radical (unpaired) electrons. The van der Waals surface area contributed by atoms with Crippen LogP contribution in [-0.4, -0.2) is 43.5 Å². The fourth-order valence-electron chi connectivity index (χ4n) is 2.50. The summed E-state index contributed by atoms with van der Waals surface area (Å²) in [7, 11) is 1.65. The summed E-state index contributed by atoms with van der Waals surface area (Å²) in [6.45, 7) is 2.66. The number of para-hydroxylation sites is 1. The number of methoxy groups -OCH3 is 1. The first-order valence-corrected chi connectivity index (χ1v) is 7.62. The van der Waals surface area contributed by atoms with Crippen molar-refractivity contribution in [3.05, 3.63) is 29.8 Å². The highest BCUT2D eigenvalue weighted by atomic mass is 16.5. The van der Waals surface area contributed by atoms with E-state index in [1.165, 1.54) is 0 Å². The zero-order chi connectivity index (χ0) is 15.8. The molecular formula is C16H24N4O2. The van der Waals surface area contributed by atoms with Crippen LogP contribution in [0.15, 0.2) is 29.3 Å². The maximum atomic E-state index is 11.9. The Morgan fingerprint density at radius 3 is 2.82 bits per heavy atom. The molecule has 0 atom stereocenters. The van der Waals surface area contributed by atoms with Gasteiger partial charge in [-0.3, -0.25) is 9.79 Å². The molecule has 1 amide bonds. The predicted octanol–water partition coefficient (Wildman–Crippen LogP) is 1.57. The van der Waals surface area contributed by atoms with Gasteiger partial charge in [-0.1, -0.05) is 18.2 Å². The van der Waals surface area contributed by atoms with Crippen molar-refractivity contribution < 1.29 is 9.53 Å². The van der Waals surface area contributed by atoms with E-state index in [9.17, 15) is 4.79 Å².